The Hall–Kier alpha value is -2.11. The zero-order valence-corrected chi connectivity index (χ0v) is 16.3. The average Bonchev–Trinajstić information content (AvgIpc) is 2.61. The molecule has 1 aliphatic rings. The molecule has 0 radical (unpaired) electrons. The quantitative estimate of drug-likeness (QED) is 0.799. The van der Waals surface area contributed by atoms with Gasteiger partial charge in [0.2, 0.25) is 5.91 Å². The molecule has 1 amide bonds. The first kappa shape index (κ1) is 19.6. The lowest BCUT2D eigenvalue weighted by Crippen LogP contribution is -2.50. The summed E-state index contributed by atoms with van der Waals surface area (Å²) in [4.78, 5) is 11.8. The highest BCUT2D eigenvalue weighted by Crippen LogP contribution is 2.44. The van der Waals surface area contributed by atoms with Gasteiger partial charge in [0.1, 0.15) is 0 Å². The molecule has 0 unspecified atom stereocenters. The Morgan fingerprint density at radius 2 is 1.78 bits per heavy atom. The lowest BCUT2D eigenvalue weighted by Gasteiger charge is -2.43. The Morgan fingerprint density at radius 3 is 2.37 bits per heavy atom. The summed E-state index contributed by atoms with van der Waals surface area (Å²) in [7, 11) is 1.43. The lowest BCUT2D eigenvalue weighted by atomic mass is 9.81. The van der Waals surface area contributed by atoms with E-state index in [0.717, 1.165) is 11.1 Å². The van der Waals surface area contributed by atoms with Crippen LogP contribution in [0.15, 0.2) is 42.5 Å². The number of rotatable bonds is 4. The molecule has 1 heterocycles. The second-order valence-corrected chi connectivity index (χ2v) is 7.65. The fourth-order valence-corrected chi connectivity index (χ4v) is 3.80. The van der Waals surface area contributed by atoms with Crippen molar-refractivity contribution in [2.45, 2.75) is 44.4 Å². The van der Waals surface area contributed by atoms with E-state index in [-0.39, 0.29) is 23.9 Å². The van der Waals surface area contributed by atoms with E-state index in [0.29, 0.717) is 17.9 Å². The van der Waals surface area contributed by atoms with Crippen LogP contribution in [0, 0.1) is 5.82 Å². The number of benzene rings is 2. The Bertz CT molecular complexity index is 827. The fourth-order valence-electron chi connectivity index (χ4n) is 3.67. The van der Waals surface area contributed by atoms with Crippen LogP contribution in [0.5, 0.6) is 5.75 Å². The number of halogens is 2. The summed E-state index contributed by atoms with van der Waals surface area (Å²) in [5, 5.41) is 3.71. The van der Waals surface area contributed by atoms with Gasteiger partial charge in [-0.05, 0) is 42.3 Å². The SMILES string of the molecule is COc1cc([C@H]2C[C@@](C)(NC(C)=O)C[C@@H](c3ccc(Cl)cc3)O2)ccc1F. The summed E-state index contributed by atoms with van der Waals surface area (Å²) >= 11 is 6.00. The van der Waals surface area contributed by atoms with Crippen molar-refractivity contribution in [2.24, 2.45) is 0 Å². The highest BCUT2D eigenvalue weighted by Gasteiger charge is 2.40. The van der Waals surface area contributed by atoms with Crippen LogP contribution in [0.2, 0.25) is 5.02 Å². The Morgan fingerprint density at radius 1 is 1.19 bits per heavy atom. The van der Waals surface area contributed by atoms with E-state index in [1.54, 1.807) is 12.1 Å². The van der Waals surface area contributed by atoms with E-state index in [4.69, 9.17) is 21.1 Å². The molecule has 1 N–H and O–H groups in total. The predicted molar refractivity (Wildman–Crippen MR) is 102 cm³/mol. The number of carbonyl (C=O) groups excluding carboxylic acids is 1. The van der Waals surface area contributed by atoms with Crippen molar-refractivity contribution in [3.8, 4) is 5.75 Å². The van der Waals surface area contributed by atoms with Crippen molar-refractivity contribution in [3.05, 3.63) is 64.4 Å². The molecule has 2 aromatic carbocycles. The molecular weight excluding hydrogens is 369 g/mol. The number of methoxy groups -OCH3 is 1. The van der Waals surface area contributed by atoms with Gasteiger partial charge in [-0.15, -0.1) is 0 Å². The normalized spacial score (nSPS) is 25.1. The van der Waals surface area contributed by atoms with E-state index in [1.165, 1.54) is 20.1 Å². The van der Waals surface area contributed by atoms with Gasteiger partial charge >= 0.3 is 0 Å². The van der Waals surface area contributed by atoms with E-state index in [9.17, 15) is 9.18 Å². The summed E-state index contributed by atoms with van der Waals surface area (Å²) in [5.41, 5.74) is 1.33. The van der Waals surface area contributed by atoms with Crippen LogP contribution in [0.3, 0.4) is 0 Å². The number of carbonyl (C=O) groups is 1. The largest absolute Gasteiger partial charge is 0.494 e. The van der Waals surface area contributed by atoms with Crippen molar-refractivity contribution >= 4 is 17.5 Å². The van der Waals surface area contributed by atoms with E-state index in [1.807, 2.05) is 31.2 Å². The van der Waals surface area contributed by atoms with Gasteiger partial charge in [0.25, 0.3) is 0 Å². The van der Waals surface area contributed by atoms with Gasteiger partial charge in [0.15, 0.2) is 11.6 Å². The van der Waals surface area contributed by atoms with Gasteiger partial charge in [0, 0.05) is 30.3 Å². The second-order valence-electron chi connectivity index (χ2n) is 7.21. The molecule has 2 aromatic rings. The smallest absolute Gasteiger partial charge is 0.217 e. The number of hydrogen-bond acceptors (Lipinski definition) is 3. The van der Waals surface area contributed by atoms with Gasteiger partial charge < -0.3 is 14.8 Å². The highest BCUT2D eigenvalue weighted by atomic mass is 35.5. The summed E-state index contributed by atoms with van der Waals surface area (Å²) in [6, 6.07) is 12.2. The maximum absolute atomic E-state index is 13.8. The molecule has 27 heavy (non-hydrogen) atoms. The second kappa shape index (κ2) is 7.87. The highest BCUT2D eigenvalue weighted by molar-refractivity contribution is 6.30. The molecule has 0 aromatic heterocycles. The van der Waals surface area contributed by atoms with Gasteiger partial charge in [-0.2, -0.15) is 0 Å². The van der Waals surface area contributed by atoms with Crippen molar-refractivity contribution in [3.63, 3.8) is 0 Å². The predicted octanol–water partition coefficient (Wildman–Crippen LogP) is 4.98. The van der Waals surface area contributed by atoms with Gasteiger partial charge in [-0.3, -0.25) is 4.79 Å². The van der Waals surface area contributed by atoms with Gasteiger partial charge in [0.05, 0.1) is 19.3 Å². The lowest BCUT2D eigenvalue weighted by molar-refractivity contribution is -0.126. The molecule has 0 bridgehead atoms. The van der Waals surface area contributed by atoms with E-state index in [2.05, 4.69) is 5.32 Å². The van der Waals surface area contributed by atoms with Crippen LogP contribution in [0.4, 0.5) is 4.39 Å². The molecule has 1 fully saturated rings. The maximum atomic E-state index is 13.8. The zero-order chi connectivity index (χ0) is 19.6. The third-order valence-electron chi connectivity index (χ3n) is 4.87. The van der Waals surface area contributed by atoms with Crippen LogP contribution in [0.1, 0.15) is 50.0 Å². The molecule has 0 saturated carbocycles. The average molecular weight is 392 g/mol. The first-order valence-electron chi connectivity index (χ1n) is 8.83. The third-order valence-corrected chi connectivity index (χ3v) is 5.12. The Labute approximate surface area is 163 Å². The molecule has 1 saturated heterocycles. The minimum Gasteiger partial charge on any atom is -0.494 e. The van der Waals surface area contributed by atoms with Crippen LogP contribution in [0.25, 0.3) is 0 Å². The number of hydrogen-bond donors (Lipinski definition) is 1. The molecule has 4 nitrogen and oxygen atoms in total. The standard InChI is InChI=1S/C21H23ClFNO3/c1-13(25)24-21(2)11-19(14-4-7-16(22)8-5-14)27-20(12-21)15-6-9-17(23)18(10-15)26-3/h4-10,19-20H,11-12H2,1-3H3,(H,24,25)/t19-,20+,21-/m0/s1. The Kier molecular flexibility index (Phi) is 5.72. The summed E-state index contributed by atoms with van der Waals surface area (Å²) in [5.74, 6) is -0.341. The summed E-state index contributed by atoms with van der Waals surface area (Å²) in [6.45, 7) is 3.52. The molecule has 1 aliphatic heterocycles. The van der Waals surface area contributed by atoms with Crippen LogP contribution >= 0.6 is 11.6 Å². The molecule has 6 heteroatoms. The molecule has 144 valence electrons. The zero-order valence-electron chi connectivity index (χ0n) is 15.6. The van der Waals surface area contributed by atoms with E-state index < -0.39 is 11.4 Å². The van der Waals surface area contributed by atoms with Crippen LogP contribution in [-0.4, -0.2) is 18.6 Å². The first-order chi connectivity index (χ1) is 12.8. The molecule has 0 aliphatic carbocycles. The number of amides is 1. The summed E-state index contributed by atoms with van der Waals surface area (Å²) in [6.07, 6.45) is 0.661. The van der Waals surface area contributed by atoms with Crippen molar-refractivity contribution in [1.82, 2.24) is 5.32 Å². The fraction of sp³-hybridized carbons (Fsp3) is 0.381. The monoisotopic (exact) mass is 391 g/mol. The van der Waals surface area contributed by atoms with E-state index >= 15 is 0 Å². The molecular formula is C21H23ClFNO3. The van der Waals surface area contributed by atoms with Crippen molar-refractivity contribution < 1.29 is 18.7 Å². The minimum atomic E-state index is -0.458. The molecule has 3 atom stereocenters. The molecule has 3 rings (SSSR count). The van der Waals surface area contributed by atoms with Crippen LogP contribution in [-0.2, 0) is 9.53 Å². The number of ether oxygens (including phenoxy) is 2. The van der Waals surface area contributed by atoms with Crippen molar-refractivity contribution in [2.75, 3.05) is 7.11 Å². The third kappa shape index (κ3) is 4.60. The molecule has 0 spiro atoms. The van der Waals surface area contributed by atoms with Gasteiger partial charge in [-0.1, -0.05) is 29.8 Å². The van der Waals surface area contributed by atoms with Crippen molar-refractivity contribution in [1.29, 1.82) is 0 Å². The first-order valence-corrected chi connectivity index (χ1v) is 9.20. The maximum Gasteiger partial charge on any atom is 0.217 e. The van der Waals surface area contributed by atoms with Gasteiger partial charge in [-0.25, -0.2) is 4.39 Å². The Balaban J connectivity index is 1.95. The van der Waals surface area contributed by atoms with Crippen LogP contribution < -0.4 is 10.1 Å². The number of nitrogens with one attached hydrogen (secondary N) is 1. The topological polar surface area (TPSA) is 47.6 Å². The summed E-state index contributed by atoms with van der Waals surface area (Å²) < 4.78 is 25.3. The minimum absolute atomic E-state index is 0.0929.